The van der Waals surface area contributed by atoms with Crippen molar-refractivity contribution in [1.82, 2.24) is 14.7 Å². The van der Waals surface area contributed by atoms with E-state index in [1.165, 1.54) is 12.1 Å². The number of aromatic nitrogens is 2. The maximum atomic E-state index is 13.3. The Labute approximate surface area is 140 Å². The first kappa shape index (κ1) is 16.6. The number of amides is 1. The Morgan fingerprint density at radius 2 is 2.04 bits per heavy atom. The zero-order chi connectivity index (χ0) is 17.1. The summed E-state index contributed by atoms with van der Waals surface area (Å²) in [4.78, 5) is 14.2. The van der Waals surface area contributed by atoms with E-state index in [0.717, 1.165) is 18.2 Å². The minimum atomic E-state index is -0.549. The summed E-state index contributed by atoms with van der Waals surface area (Å²) in [5.41, 5.74) is 1.69. The molecule has 2 heterocycles. The van der Waals surface area contributed by atoms with Gasteiger partial charge in [-0.25, -0.2) is 8.78 Å². The zero-order valence-corrected chi connectivity index (χ0v) is 13.7. The molecule has 0 saturated carbocycles. The number of hydrogen-bond acceptors (Lipinski definition) is 2. The molecule has 128 valence electrons. The molecule has 0 spiro atoms. The molecule has 1 saturated heterocycles. The molecule has 4 nitrogen and oxygen atoms in total. The molecule has 0 N–H and O–H groups in total. The van der Waals surface area contributed by atoms with Crippen LogP contribution in [0.1, 0.15) is 24.1 Å². The molecule has 24 heavy (non-hydrogen) atoms. The van der Waals surface area contributed by atoms with Crippen molar-refractivity contribution < 1.29 is 13.6 Å². The molecule has 1 atom stereocenters. The lowest BCUT2D eigenvalue weighted by Crippen LogP contribution is -2.29. The van der Waals surface area contributed by atoms with Crippen molar-refractivity contribution in [3.8, 4) is 0 Å². The highest BCUT2D eigenvalue weighted by molar-refractivity contribution is 5.76. The van der Waals surface area contributed by atoms with Gasteiger partial charge >= 0.3 is 0 Å². The van der Waals surface area contributed by atoms with Gasteiger partial charge in [0.1, 0.15) is 11.6 Å². The highest BCUT2D eigenvalue weighted by Crippen LogP contribution is 2.22. The van der Waals surface area contributed by atoms with Crippen LogP contribution in [0.4, 0.5) is 8.78 Å². The molecule has 1 amide bonds. The van der Waals surface area contributed by atoms with Gasteiger partial charge in [-0.15, -0.1) is 0 Å². The first-order valence-corrected chi connectivity index (χ1v) is 8.21. The van der Waals surface area contributed by atoms with Crippen LogP contribution in [0.5, 0.6) is 0 Å². The smallest absolute Gasteiger partial charge is 0.222 e. The first-order valence-electron chi connectivity index (χ1n) is 8.21. The largest absolute Gasteiger partial charge is 0.342 e. The van der Waals surface area contributed by atoms with Gasteiger partial charge in [-0.2, -0.15) is 5.10 Å². The summed E-state index contributed by atoms with van der Waals surface area (Å²) < 4.78 is 28.3. The number of benzene rings is 1. The van der Waals surface area contributed by atoms with Crippen molar-refractivity contribution in [1.29, 1.82) is 0 Å². The van der Waals surface area contributed by atoms with E-state index in [-0.39, 0.29) is 11.8 Å². The van der Waals surface area contributed by atoms with Gasteiger partial charge in [0.15, 0.2) is 0 Å². The fourth-order valence-electron chi connectivity index (χ4n) is 3.33. The van der Waals surface area contributed by atoms with E-state index in [9.17, 15) is 13.6 Å². The molecule has 1 aliphatic heterocycles. The SMILES string of the molecule is Cn1nccc1CCC(=O)N1CCC(Cc2cc(F)cc(F)c2)C1. The number of hydrogen-bond donors (Lipinski definition) is 0. The van der Waals surface area contributed by atoms with E-state index < -0.39 is 11.6 Å². The second-order valence-electron chi connectivity index (χ2n) is 6.42. The Morgan fingerprint density at radius 1 is 1.29 bits per heavy atom. The summed E-state index contributed by atoms with van der Waals surface area (Å²) in [6, 6.07) is 5.54. The molecule has 1 aromatic carbocycles. The third-order valence-electron chi connectivity index (χ3n) is 4.60. The maximum absolute atomic E-state index is 13.3. The van der Waals surface area contributed by atoms with Crippen LogP contribution in [0.3, 0.4) is 0 Å². The van der Waals surface area contributed by atoms with E-state index in [1.807, 2.05) is 18.0 Å². The number of likely N-dealkylation sites (tertiary alicyclic amines) is 1. The minimum Gasteiger partial charge on any atom is -0.342 e. The lowest BCUT2D eigenvalue weighted by Gasteiger charge is -2.16. The van der Waals surface area contributed by atoms with Crippen molar-refractivity contribution in [2.24, 2.45) is 13.0 Å². The molecule has 1 fully saturated rings. The molecular formula is C18H21F2N3O. The summed E-state index contributed by atoms with van der Waals surface area (Å²) in [6.45, 7) is 1.37. The number of carbonyl (C=O) groups excluding carboxylic acids is 1. The standard InChI is InChI=1S/C18H21F2N3O/c1-22-17(4-6-21-22)2-3-18(24)23-7-5-13(12-23)8-14-9-15(19)11-16(20)10-14/h4,6,9-11,13H,2-3,5,7-8,12H2,1H3. The normalized spacial score (nSPS) is 17.5. The van der Waals surface area contributed by atoms with Crippen molar-refractivity contribution >= 4 is 5.91 Å². The number of aryl methyl sites for hydroxylation is 2. The predicted octanol–water partition coefficient (Wildman–Crippen LogP) is 2.72. The fraction of sp³-hybridized carbons (Fsp3) is 0.444. The summed E-state index contributed by atoms with van der Waals surface area (Å²) in [5, 5.41) is 4.10. The molecule has 0 bridgehead atoms. The van der Waals surface area contributed by atoms with Crippen molar-refractivity contribution in [2.45, 2.75) is 25.7 Å². The number of halogens is 2. The van der Waals surface area contributed by atoms with Crippen LogP contribution >= 0.6 is 0 Å². The van der Waals surface area contributed by atoms with Gasteiger partial charge < -0.3 is 4.90 Å². The summed E-state index contributed by atoms with van der Waals surface area (Å²) in [5.74, 6) is -0.713. The monoisotopic (exact) mass is 333 g/mol. The Hall–Kier alpha value is -2.24. The van der Waals surface area contributed by atoms with Gasteiger partial charge in [0.05, 0.1) is 0 Å². The molecule has 6 heteroatoms. The Bertz CT molecular complexity index is 709. The van der Waals surface area contributed by atoms with Crippen molar-refractivity contribution in [2.75, 3.05) is 13.1 Å². The van der Waals surface area contributed by atoms with Crippen LogP contribution < -0.4 is 0 Å². The van der Waals surface area contributed by atoms with Crippen LogP contribution in [0.2, 0.25) is 0 Å². The molecule has 1 aliphatic rings. The molecule has 0 radical (unpaired) electrons. The van der Waals surface area contributed by atoms with E-state index in [1.54, 1.807) is 10.9 Å². The fourth-order valence-corrected chi connectivity index (χ4v) is 3.33. The van der Waals surface area contributed by atoms with Crippen LogP contribution in [0.25, 0.3) is 0 Å². The Kier molecular flexibility index (Phi) is 4.92. The van der Waals surface area contributed by atoms with Gasteiger partial charge in [-0.1, -0.05) is 0 Å². The van der Waals surface area contributed by atoms with Gasteiger partial charge in [0.25, 0.3) is 0 Å². The first-order chi connectivity index (χ1) is 11.5. The number of carbonyl (C=O) groups is 1. The van der Waals surface area contributed by atoms with E-state index in [0.29, 0.717) is 37.9 Å². The average molecular weight is 333 g/mol. The number of rotatable bonds is 5. The lowest BCUT2D eigenvalue weighted by atomic mass is 9.98. The molecule has 2 aromatic rings. The molecule has 1 unspecified atom stereocenters. The van der Waals surface area contributed by atoms with Crippen LogP contribution in [-0.2, 0) is 24.7 Å². The summed E-state index contributed by atoms with van der Waals surface area (Å²) >= 11 is 0. The van der Waals surface area contributed by atoms with E-state index in [4.69, 9.17) is 0 Å². The third-order valence-corrected chi connectivity index (χ3v) is 4.60. The highest BCUT2D eigenvalue weighted by atomic mass is 19.1. The van der Waals surface area contributed by atoms with Crippen LogP contribution in [0, 0.1) is 17.6 Å². The summed E-state index contributed by atoms with van der Waals surface area (Å²) in [6.07, 6.45) is 4.33. The molecule has 3 rings (SSSR count). The van der Waals surface area contributed by atoms with E-state index in [2.05, 4.69) is 5.10 Å². The van der Waals surface area contributed by atoms with E-state index >= 15 is 0 Å². The van der Waals surface area contributed by atoms with Crippen molar-refractivity contribution in [3.05, 3.63) is 53.4 Å². The Morgan fingerprint density at radius 3 is 2.71 bits per heavy atom. The third kappa shape index (κ3) is 3.99. The molecule has 0 aliphatic carbocycles. The zero-order valence-electron chi connectivity index (χ0n) is 13.7. The molecule has 1 aromatic heterocycles. The van der Waals surface area contributed by atoms with Crippen LogP contribution in [0.15, 0.2) is 30.5 Å². The second-order valence-corrected chi connectivity index (χ2v) is 6.42. The lowest BCUT2D eigenvalue weighted by molar-refractivity contribution is -0.130. The predicted molar refractivity (Wildman–Crippen MR) is 86.3 cm³/mol. The van der Waals surface area contributed by atoms with Gasteiger partial charge in [0, 0.05) is 44.5 Å². The highest BCUT2D eigenvalue weighted by Gasteiger charge is 2.26. The van der Waals surface area contributed by atoms with Crippen molar-refractivity contribution in [3.63, 3.8) is 0 Å². The topological polar surface area (TPSA) is 38.1 Å². The number of nitrogens with zero attached hydrogens (tertiary/aromatic N) is 3. The van der Waals surface area contributed by atoms with Gasteiger partial charge in [-0.05, 0) is 48.9 Å². The molecular weight excluding hydrogens is 312 g/mol. The Balaban J connectivity index is 1.51. The average Bonchev–Trinajstić information content (AvgIpc) is 3.13. The quantitative estimate of drug-likeness (QED) is 0.844. The minimum absolute atomic E-state index is 0.129. The maximum Gasteiger partial charge on any atom is 0.222 e. The second kappa shape index (κ2) is 7.11. The summed E-state index contributed by atoms with van der Waals surface area (Å²) in [7, 11) is 1.86. The van der Waals surface area contributed by atoms with Crippen LogP contribution in [-0.4, -0.2) is 33.7 Å². The van der Waals surface area contributed by atoms with Gasteiger partial charge in [-0.3, -0.25) is 9.48 Å². The van der Waals surface area contributed by atoms with Gasteiger partial charge in [0.2, 0.25) is 5.91 Å².